The van der Waals surface area contributed by atoms with Gasteiger partial charge in [0.15, 0.2) is 5.82 Å². The molecule has 2 saturated heterocycles. The van der Waals surface area contributed by atoms with Gasteiger partial charge in [-0.25, -0.2) is 0 Å². The zero-order chi connectivity index (χ0) is 21.5. The number of tetrazole rings is 1. The molecule has 3 unspecified atom stereocenters. The molecule has 2 aromatic rings. The highest BCUT2D eigenvalue weighted by Gasteiger charge is 2.32. The van der Waals surface area contributed by atoms with Gasteiger partial charge in [0, 0.05) is 12.5 Å². The molecular formula is C23H34N6O2. The third-order valence-electron chi connectivity index (χ3n) is 7.05. The number of carboxylic acids is 1. The minimum atomic E-state index is -0.770. The van der Waals surface area contributed by atoms with Crippen LogP contribution in [0.25, 0.3) is 0 Å². The summed E-state index contributed by atoms with van der Waals surface area (Å²) in [7, 11) is 0. The van der Waals surface area contributed by atoms with Crippen molar-refractivity contribution in [2.75, 3.05) is 26.2 Å². The monoisotopic (exact) mass is 426 g/mol. The fourth-order valence-electron chi connectivity index (χ4n) is 5.15. The lowest BCUT2D eigenvalue weighted by atomic mass is 9.81. The zero-order valence-corrected chi connectivity index (χ0v) is 18.1. The summed E-state index contributed by atoms with van der Waals surface area (Å²) in [6.45, 7) is 4.25. The summed E-state index contributed by atoms with van der Waals surface area (Å²) in [5, 5.41) is 31.4. The number of nitrogens with zero attached hydrogens (tertiary/aromatic N) is 3. The van der Waals surface area contributed by atoms with Crippen LogP contribution in [-0.4, -0.2) is 57.9 Å². The van der Waals surface area contributed by atoms with E-state index in [4.69, 9.17) is 0 Å². The van der Waals surface area contributed by atoms with Crippen molar-refractivity contribution in [3.8, 4) is 0 Å². The van der Waals surface area contributed by atoms with E-state index in [9.17, 15) is 9.90 Å². The summed E-state index contributed by atoms with van der Waals surface area (Å²) in [5.41, 5.74) is 2.47. The first-order valence-electron chi connectivity index (χ1n) is 11.7. The highest BCUT2D eigenvalue weighted by atomic mass is 16.4. The van der Waals surface area contributed by atoms with Gasteiger partial charge in [0.1, 0.15) is 0 Å². The van der Waals surface area contributed by atoms with Crippen molar-refractivity contribution >= 4 is 5.97 Å². The van der Waals surface area contributed by atoms with Crippen molar-refractivity contribution in [3.63, 3.8) is 0 Å². The maximum Gasteiger partial charge on any atom is 0.307 e. The van der Waals surface area contributed by atoms with E-state index < -0.39 is 11.9 Å². The molecule has 0 spiro atoms. The van der Waals surface area contributed by atoms with Crippen LogP contribution in [0.1, 0.15) is 67.3 Å². The van der Waals surface area contributed by atoms with Crippen LogP contribution in [0, 0.1) is 11.8 Å². The Bertz CT molecular complexity index is 798. The molecule has 3 heterocycles. The second-order valence-electron chi connectivity index (χ2n) is 9.08. The van der Waals surface area contributed by atoms with E-state index in [2.05, 4.69) is 55.5 Å². The first kappa shape index (κ1) is 21.9. The molecule has 4 N–H and O–H groups in total. The number of aromatic nitrogens is 4. The van der Waals surface area contributed by atoms with Gasteiger partial charge in [-0.05, 0) is 74.7 Å². The van der Waals surface area contributed by atoms with Gasteiger partial charge in [-0.15, -0.1) is 10.2 Å². The average molecular weight is 427 g/mol. The van der Waals surface area contributed by atoms with Crippen molar-refractivity contribution in [1.82, 2.24) is 31.3 Å². The molecule has 8 nitrogen and oxygen atoms in total. The molecular weight excluding hydrogens is 392 g/mol. The standard InChI is InChI=1S/C23H34N6O2/c30-23(31)20(3-1-2-16-8-11-24-12-9-16)21(22-26-28-29-27-22)14-17-4-6-18(7-5-17)19-10-13-25-15-19/h4-7,16,19-21,24-25H,1-3,8-15H2,(H,30,31)(H,26,27,28,29). The molecule has 168 valence electrons. The number of carbonyl (C=O) groups is 1. The Labute approximate surface area is 183 Å². The number of H-pyrrole nitrogens is 1. The quantitative estimate of drug-likeness (QED) is 0.461. The van der Waals surface area contributed by atoms with Crippen LogP contribution in [0.4, 0.5) is 0 Å². The third kappa shape index (κ3) is 5.89. The summed E-state index contributed by atoms with van der Waals surface area (Å²) < 4.78 is 0. The molecule has 4 rings (SSSR count). The Hall–Kier alpha value is -2.32. The van der Waals surface area contributed by atoms with Gasteiger partial charge < -0.3 is 15.7 Å². The molecule has 31 heavy (non-hydrogen) atoms. The minimum absolute atomic E-state index is 0.289. The SMILES string of the molecule is O=C(O)C(CCCC1CCNCC1)C(Cc1ccc(C2CCNC2)cc1)c1nn[nH]n1. The first-order chi connectivity index (χ1) is 15.2. The number of carboxylic acid groups (broad SMARTS) is 1. The number of hydrogen-bond donors (Lipinski definition) is 4. The van der Waals surface area contributed by atoms with E-state index in [1.165, 1.54) is 24.8 Å². The Balaban J connectivity index is 1.43. The topological polar surface area (TPSA) is 116 Å². The minimum Gasteiger partial charge on any atom is -0.481 e. The van der Waals surface area contributed by atoms with Gasteiger partial charge in [0.05, 0.1) is 5.92 Å². The van der Waals surface area contributed by atoms with E-state index in [0.29, 0.717) is 30.5 Å². The van der Waals surface area contributed by atoms with Crippen molar-refractivity contribution < 1.29 is 9.90 Å². The Morgan fingerprint density at radius 3 is 2.52 bits per heavy atom. The summed E-state index contributed by atoms with van der Waals surface area (Å²) in [4.78, 5) is 12.2. The number of aliphatic carboxylic acids is 1. The molecule has 2 aliphatic heterocycles. The average Bonchev–Trinajstić information content (AvgIpc) is 3.51. The number of piperidine rings is 1. The van der Waals surface area contributed by atoms with E-state index >= 15 is 0 Å². The number of rotatable bonds is 10. The maximum absolute atomic E-state index is 12.2. The van der Waals surface area contributed by atoms with Crippen LogP contribution >= 0.6 is 0 Å². The van der Waals surface area contributed by atoms with Crippen LogP contribution in [0.15, 0.2) is 24.3 Å². The van der Waals surface area contributed by atoms with E-state index in [-0.39, 0.29) is 5.92 Å². The molecule has 2 fully saturated rings. The third-order valence-corrected chi connectivity index (χ3v) is 7.05. The molecule has 0 amide bonds. The van der Waals surface area contributed by atoms with Crippen LogP contribution in [0.5, 0.6) is 0 Å². The Kier molecular flexibility index (Phi) is 7.64. The second-order valence-corrected chi connectivity index (χ2v) is 9.08. The van der Waals surface area contributed by atoms with Crippen LogP contribution < -0.4 is 10.6 Å². The maximum atomic E-state index is 12.2. The van der Waals surface area contributed by atoms with Gasteiger partial charge in [-0.1, -0.05) is 42.3 Å². The summed E-state index contributed by atoms with van der Waals surface area (Å²) in [5.74, 6) is 0.203. The molecule has 2 aliphatic rings. The number of aromatic amines is 1. The molecule has 1 aromatic carbocycles. The molecule has 8 heteroatoms. The predicted octanol–water partition coefficient (Wildman–Crippen LogP) is 2.47. The van der Waals surface area contributed by atoms with Crippen LogP contribution in [0.3, 0.4) is 0 Å². The van der Waals surface area contributed by atoms with Gasteiger partial charge >= 0.3 is 5.97 Å². The van der Waals surface area contributed by atoms with E-state index in [1.807, 2.05) is 0 Å². The Morgan fingerprint density at radius 1 is 1.10 bits per heavy atom. The molecule has 0 radical (unpaired) electrons. The van der Waals surface area contributed by atoms with Crippen LogP contribution in [0.2, 0.25) is 0 Å². The number of nitrogens with one attached hydrogen (secondary N) is 3. The first-order valence-corrected chi connectivity index (χ1v) is 11.7. The highest BCUT2D eigenvalue weighted by molar-refractivity contribution is 5.71. The van der Waals surface area contributed by atoms with Crippen molar-refractivity contribution in [2.24, 2.45) is 11.8 Å². The predicted molar refractivity (Wildman–Crippen MR) is 118 cm³/mol. The second kappa shape index (κ2) is 10.8. The van der Waals surface area contributed by atoms with Gasteiger partial charge in [0.2, 0.25) is 0 Å². The zero-order valence-electron chi connectivity index (χ0n) is 18.1. The summed E-state index contributed by atoms with van der Waals surface area (Å²) in [6, 6.07) is 8.64. The normalized spacial score (nSPS) is 21.7. The lowest BCUT2D eigenvalue weighted by Crippen LogP contribution is -2.28. The fraction of sp³-hybridized carbons (Fsp3) is 0.652. The Morgan fingerprint density at radius 2 is 1.87 bits per heavy atom. The smallest absolute Gasteiger partial charge is 0.307 e. The number of benzene rings is 1. The van der Waals surface area contributed by atoms with E-state index in [1.54, 1.807) is 0 Å². The van der Waals surface area contributed by atoms with Crippen LogP contribution in [-0.2, 0) is 11.2 Å². The molecule has 0 saturated carbocycles. The number of hydrogen-bond acceptors (Lipinski definition) is 6. The molecule has 3 atom stereocenters. The van der Waals surface area contributed by atoms with Crippen molar-refractivity contribution in [2.45, 2.75) is 56.8 Å². The summed E-state index contributed by atoms with van der Waals surface area (Å²) in [6.07, 6.45) is 6.81. The van der Waals surface area contributed by atoms with Gasteiger partial charge in [-0.2, -0.15) is 5.21 Å². The van der Waals surface area contributed by atoms with Crippen molar-refractivity contribution in [3.05, 3.63) is 41.2 Å². The van der Waals surface area contributed by atoms with Crippen molar-refractivity contribution in [1.29, 1.82) is 0 Å². The lowest BCUT2D eigenvalue weighted by molar-refractivity contribution is -0.143. The van der Waals surface area contributed by atoms with E-state index in [0.717, 1.165) is 44.6 Å². The molecule has 1 aromatic heterocycles. The lowest BCUT2D eigenvalue weighted by Gasteiger charge is -2.25. The largest absolute Gasteiger partial charge is 0.481 e. The van der Waals surface area contributed by atoms with Gasteiger partial charge in [0.25, 0.3) is 0 Å². The molecule has 0 aliphatic carbocycles. The van der Waals surface area contributed by atoms with Gasteiger partial charge in [-0.3, -0.25) is 4.79 Å². The highest BCUT2D eigenvalue weighted by Crippen LogP contribution is 2.32. The fourth-order valence-corrected chi connectivity index (χ4v) is 5.15. The molecule has 0 bridgehead atoms. The summed E-state index contributed by atoms with van der Waals surface area (Å²) >= 11 is 0.